The zero-order chi connectivity index (χ0) is 40.6. The molecule has 336 valence electrons. The number of carbonyl (C=O) groups is 2. The number of methoxy groups -OCH3 is 4. The van der Waals surface area contributed by atoms with E-state index >= 15 is 0 Å². The second kappa shape index (κ2) is 18.6. The SMILES string of the molecule is COc1ccc2c3c([nH]c2c1)[C@H]1C[C@H]2[C@H](C[C@@H](O)[C@H](OC)[C@H]2C(=O)O)CN1CC3.COc1ccc2c3c([nH]c2c1)[C@H]1C[C@H]2[C@H](C[C@@H](O)[C@H](OC)[C@H]2C(=O)O)CN1CC3.Cl.Cl.O. The zero-order valence-corrected chi connectivity index (χ0v) is 36.5. The summed E-state index contributed by atoms with van der Waals surface area (Å²) in [5, 5.41) is 43.3. The summed E-state index contributed by atoms with van der Waals surface area (Å²) in [6.45, 7) is 3.57. The molecule has 61 heavy (non-hydrogen) atoms. The molecule has 2 saturated carbocycles. The van der Waals surface area contributed by atoms with Gasteiger partial charge in [0.1, 0.15) is 11.5 Å². The molecule has 0 spiro atoms. The van der Waals surface area contributed by atoms with Crippen LogP contribution in [0.3, 0.4) is 0 Å². The fourth-order valence-electron chi connectivity index (χ4n) is 12.3. The average Bonchev–Trinajstić information content (AvgIpc) is 3.79. The van der Waals surface area contributed by atoms with Crippen molar-refractivity contribution in [2.24, 2.45) is 35.5 Å². The van der Waals surface area contributed by atoms with Crippen LogP contribution in [0.15, 0.2) is 36.4 Å². The lowest BCUT2D eigenvalue weighted by molar-refractivity contribution is -0.173. The number of hydrogen-bond donors (Lipinski definition) is 6. The first-order valence-electron chi connectivity index (χ1n) is 20.8. The van der Waals surface area contributed by atoms with Crippen molar-refractivity contribution in [3.8, 4) is 11.5 Å². The van der Waals surface area contributed by atoms with E-state index in [-0.39, 0.29) is 66.0 Å². The third-order valence-electron chi connectivity index (χ3n) is 14.9. The summed E-state index contributed by atoms with van der Waals surface area (Å²) >= 11 is 0. The van der Waals surface area contributed by atoms with Gasteiger partial charge < -0.3 is 54.8 Å². The molecule has 6 aliphatic rings. The van der Waals surface area contributed by atoms with E-state index in [1.165, 1.54) is 47.5 Å². The molecular weight excluding hydrogens is 831 g/mol. The standard InChI is InChI=1S/2C22H28N2O5.2ClH.H2O/c2*1-28-12-3-4-13-14-5-6-24-10-11-7-18(25)21(29-2)19(22(26)27)15(11)9-17(24)20(14)23-16(13)8-12;;;/h2*3-4,8,11,15,17-19,21,23,25H,5-7,9-10H2,1-2H3,(H,26,27);2*1H;1H2/t2*11-,15+,17-,18-,19+,21+;;;/m11.../s1. The number of H-pyrrole nitrogens is 2. The van der Waals surface area contributed by atoms with Gasteiger partial charge in [0.05, 0.1) is 62.6 Å². The Morgan fingerprint density at radius 1 is 0.639 bits per heavy atom. The number of aliphatic hydroxyl groups excluding tert-OH is 2. The number of aromatic nitrogens is 2. The van der Waals surface area contributed by atoms with Crippen molar-refractivity contribution >= 4 is 58.6 Å². The minimum atomic E-state index is -0.864. The number of nitrogens with one attached hydrogen (secondary N) is 2. The van der Waals surface area contributed by atoms with Crippen molar-refractivity contribution < 1.29 is 54.4 Å². The van der Waals surface area contributed by atoms with E-state index in [4.69, 9.17) is 18.9 Å². The predicted molar refractivity (Wildman–Crippen MR) is 232 cm³/mol. The number of halogens is 2. The second-order valence-corrected chi connectivity index (χ2v) is 17.4. The van der Waals surface area contributed by atoms with E-state index in [0.717, 1.165) is 74.4 Å². The van der Waals surface area contributed by atoms with Crippen molar-refractivity contribution in [1.82, 2.24) is 19.8 Å². The predicted octanol–water partition coefficient (Wildman–Crippen LogP) is 4.40. The van der Waals surface area contributed by atoms with Crippen molar-refractivity contribution in [2.75, 3.05) is 54.6 Å². The Kier molecular flexibility index (Phi) is 14.3. The van der Waals surface area contributed by atoms with Crippen LogP contribution >= 0.6 is 24.8 Å². The number of fused-ring (bicyclic) bond motifs is 12. The molecule has 2 aromatic heterocycles. The molecular formula is C44H60Cl2N4O11. The van der Waals surface area contributed by atoms with Crippen molar-refractivity contribution in [1.29, 1.82) is 0 Å². The highest BCUT2D eigenvalue weighted by molar-refractivity contribution is 5.87. The van der Waals surface area contributed by atoms with E-state index in [9.17, 15) is 30.0 Å². The lowest BCUT2D eigenvalue weighted by Crippen LogP contribution is -2.57. The molecule has 2 saturated heterocycles. The van der Waals surface area contributed by atoms with E-state index in [0.29, 0.717) is 12.8 Å². The summed E-state index contributed by atoms with van der Waals surface area (Å²) < 4.78 is 21.6. The molecule has 4 aliphatic heterocycles. The summed E-state index contributed by atoms with van der Waals surface area (Å²) in [6.07, 6.45) is 1.96. The number of rotatable bonds is 6. The monoisotopic (exact) mass is 890 g/mol. The van der Waals surface area contributed by atoms with Gasteiger partial charge in [0.2, 0.25) is 0 Å². The lowest BCUT2D eigenvalue weighted by Gasteiger charge is -2.52. The summed E-state index contributed by atoms with van der Waals surface area (Å²) in [7, 11) is 6.34. The van der Waals surface area contributed by atoms with E-state index in [1.807, 2.05) is 24.3 Å². The molecule has 0 bridgehead atoms. The molecule has 15 nitrogen and oxygen atoms in total. The number of carboxylic acids is 2. The van der Waals surface area contributed by atoms with Gasteiger partial charge in [-0.3, -0.25) is 19.4 Å². The molecule has 4 aromatic rings. The van der Waals surface area contributed by atoms with Crippen molar-refractivity contribution in [3.63, 3.8) is 0 Å². The van der Waals surface area contributed by atoms with Gasteiger partial charge in [-0.1, -0.05) is 0 Å². The number of benzene rings is 2. The topological polar surface area (TPSA) is 222 Å². The molecule has 2 aliphatic carbocycles. The summed E-state index contributed by atoms with van der Waals surface area (Å²) in [5.74, 6) is -1.08. The van der Waals surface area contributed by atoms with Gasteiger partial charge in [0, 0.05) is 85.7 Å². The molecule has 0 radical (unpaired) electrons. The molecule has 6 heterocycles. The number of hydrogen-bond acceptors (Lipinski definition) is 10. The summed E-state index contributed by atoms with van der Waals surface area (Å²) in [4.78, 5) is 36.4. The van der Waals surface area contributed by atoms with Crippen LogP contribution < -0.4 is 9.47 Å². The Morgan fingerprint density at radius 3 is 1.38 bits per heavy atom. The molecule has 17 heteroatoms. The first-order valence-corrected chi connectivity index (χ1v) is 20.8. The highest BCUT2D eigenvalue weighted by Gasteiger charge is 2.54. The summed E-state index contributed by atoms with van der Waals surface area (Å²) in [5.41, 5.74) is 7.25. The third kappa shape index (κ3) is 7.99. The average molecular weight is 892 g/mol. The van der Waals surface area contributed by atoms with Crippen LogP contribution in [0.4, 0.5) is 0 Å². The van der Waals surface area contributed by atoms with Gasteiger partial charge in [-0.15, -0.1) is 24.8 Å². The number of carboxylic acid groups (broad SMARTS) is 2. The number of nitrogens with zero attached hydrogens (tertiary/aromatic N) is 2. The van der Waals surface area contributed by atoms with Crippen LogP contribution in [-0.2, 0) is 31.9 Å². The van der Waals surface area contributed by atoms with Gasteiger partial charge in [-0.05, 0) is 97.6 Å². The molecule has 8 N–H and O–H groups in total. The Morgan fingerprint density at radius 2 is 1.03 bits per heavy atom. The molecule has 12 atom stereocenters. The maximum atomic E-state index is 12.1. The number of aromatic amines is 2. The number of ether oxygens (including phenoxy) is 4. The number of piperidine rings is 2. The van der Waals surface area contributed by atoms with Crippen LogP contribution in [-0.4, -0.2) is 137 Å². The van der Waals surface area contributed by atoms with Gasteiger partial charge in [-0.25, -0.2) is 0 Å². The first-order chi connectivity index (χ1) is 28.0. The van der Waals surface area contributed by atoms with Crippen LogP contribution in [0.25, 0.3) is 21.8 Å². The summed E-state index contributed by atoms with van der Waals surface area (Å²) in [6, 6.07) is 12.6. The van der Waals surface area contributed by atoms with Gasteiger partial charge in [0.25, 0.3) is 0 Å². The number of aliphatic hydroxyl groups is 2. The highest BCUT2D eigenvalue weighted by Crippen LogP contribution is 2.51. The third-order valence-corrected chi connectivity index (χ3v) is 14.9. The number of aliphatic carboxylic acids is 2. The Hall–Kier alpha value is -3.64. The molecule has 10 rings (SSSR count). The van der Waals surface area contributed by atoms with Gasteiger partial charge in [0.15, 0.2) is 0 Å². The quantitative estimate of drug-likeness (QED) is 0.159. The van der Waals surface area contributed by atoms with Crippen LogP contribution in [0.5, 0.6) is 11.5 Å². The normalized spacial score (nSPS) is 32.6. The lowest BCUT2D eigenvalue weighted by atomic mass is 9.64. The minimum absolute atomic E-state index is 0. The maximum absolute atomic E-state index is 12.1. The van der Waals surface area contributed by atoms with Crippen molar-refractivity contribution in [2.45, 2.75) is 75.0 Å². The van der Waals surface area contributed by atoms with Crippen LogP contribution in [0.1, 0.15) is 60.3 Å². The highest BCUT2D eigenvalue weighted by atomic mass is 35.5. The van der Waals surface area contributed by atoms with E-state index < -0.39 is 48.2 Å². The molecule has 2 aromatic carbocycles. The van der Waals surface area contributed by atoms with Gasteiger partial charge >= 0.3 is 11.9 Å². The van der Waals surface area contributed by atoms with E-state index in [1.54, 1.807) is 14.2 Å². The van der Waals surface area contributed by atoms with E-state index in [2.05, 4.69) is 31.9 Å². The van der Waals surface area contributed by atoms with Crippen LogP contribution in [0, 0.1) is 35.5 Å². The van der Waals surface area contributed by atoms with Gasteiger partial charge in [-0.2, -0.15) is 0 Å². The zero-order valence-electron chi connectivity index (χ0n) is 34.9. The fraction of sp³-hybridized carbons (Fsp3) is 0.591. The molecule has 4 fully saturated rings. The second-order valence-electron chi connectivity index (χ2n) is 17.4. The Balaban J connectivity index is 0.000000194. The molecule has 0 amide bonds. The minimum Gasteiger partial charge on any atom is -0.497 e. The van der Waals surface area contributed by atoms with Crippen LogP contribution in [0.2, 0.25) is 0 Å². The molecule has 0 unspecified atom stereocenters. The van der Waals surface area contributed by atoms with Crippen molar-refractivity contribution in [3.05, 3.63) is 58.9 Å². The smallest absolute Gasteiger partial charge is 0.309 e. The maximum Gasteiger partial charge on any atom is 0.309 e. The largest absolute Gasteiger partial charge is 0.497 e. The Bertz CT molecular complexity index is 2050. The fourth-order valence-corrected chi connectivity index (χ4v) is 12.3. The Labute approximate surface area is 367 Å². The first kappa shape index (κ1) is 46.9.